The maximum absolute atomic E-state index is 11.4. The Morgan fingerprint density at radius 1 is 1.47 bits per heavy atom. The number of halogens is 1. The zero-order valence-corrected chi connectivity index (χ0v) is 10.7. The van der Waals surface area contributed by atoms with Crippen LogP contribution in [0.4, 0.5) is 0 Å². The Morgan fingerprint density at radius 3 is 3.06 bits per heavy atom. The minimum absolute atomic E-state index is 0.0620. The van der Waals surface area contributed by atoms with E-state index in [4.69, 9.17) is 11.6 Å². The normalized spacial score (nSPS) is 10.6. The summed E-state index contributed by atoms with van der Waals surface area (Å²) in [6.45, 7) is 0.620. The van der Waals surface area contributed by atoms with Crippen molar-refractivity contribution < 1.29 is 0 Å². The first-order valence-corrected chi connectivity index (χ1v) is 6.72. The molecule has 2 heterocycles. The summed E-state index contributed by atoms with van der Waals surface area (Å²) >= 11 is 7.29. The Morgan fingerprint density at radius 2 is 2.35 bits per heavy atom. The van der Waals surface area contributed by atoms with Crippen LogP contribution in [0, 0.1) is 0 Å². The van der Waals surface area contributed by atoms with Crippen molar-refractivity contribution in [2.75, 3.05) is 0 Å². The molecule has 90 valence electrons. The molecule has 0 aromatic carbocycles. The lowest BCUT2D eigenvalue weighted by atomic mass is 10.3. The molecule has 0 bridgehead atoms. The second-order valence-corrected chi connectivity index (χ2v) is 4.76. The van der Waals surface area contributed by atoms with Gasteiger partial charge in [0.25, 0.3) is 5.56 Å². The summed E-state index contributed by atoms with van der Waals surface area (Å²) in [5.74, 6) is 0.455. The molecule has 0 spiro atoms. The molecule has 0 saturated carbocycles. The van der Waals surface area contributed by atoms with E-state index in [-0.39, 0.29) is 5.56 Å². The van der Waals surface area contributed by atoms with Gasteiger partial charge < -0.3 is 0 Å². The molecule has 0 aliphatic carbocycles. The first-order valence-electron chi connectivity index (χ1n) is 5.31. The molecule has 0 amide bonds. The van der Waals surface area contributed by atoms with Gasteiger partial charge in [-0.15, -0.1) is 22.9 Å². The Kier molecular flexibility index (Phi) is 4.28. The molecular formula is C11H12ClN3OS. The van der Waals surface area contributed by atoms with Crippen molar-refractivity contribution in [1.29, 1.82) is 0 Å². The molecule has 2 aromatic heterocycles. The predicted molar refractivity (Wildman–Crippen MR) is 68.5 cm³/mol. The molecule has 0 aliphatic rings. The van der Waals surface area contributed by atoms with Crippen molar-refractivity contribution >= 4 is 22.9 Å². The highest BCUT2D eigenvalue weighted by Gasteiger charge is 2.02. The van der Waals surface area contributed by atoms with E-state index in [0.29, 0.717) is 12.4 Å². The van der Waals surface area contributed by atoms with Crippen LogP contribution in [0.3, 0.4) is 0 Å². The summed E-state index contributed by atoms with van der Waals surface area (Å²) in [6, 6.07) is 3.16. The van der Waals surface area contributed by atoms with Crippen LogP contribution in [0.15, 0.2) is 28.5 Å². The standard InChI is InChI=1S/C11H12ClN3OS/c12-7-9-8-17-10(14-9)3-2-6-15-11(16)4-1-5-13-15/h1,4-5,8H,2-3,6-7H2. The number of hydrogen-bond donors (Lipinski definition) is 0. The van der Waals surface area contributed by atoms with Crippen molar-refractivity contribution in [2.24, 2.45) is 0 Å². The number of nitrogens with zero attached hydrogens (tertiary/aromatic N) is 3. The Balaban J connectivity index is 1.87. The maximum Gasteiger partial charge on any atom is 0.266 e. The third kappa shape index (κ3) is 3.38. The van der Waals surface area contributed by atoms with E-state index in [1.807, 2.05) is 5.38 Å². The SMILES string of the molecule is O=c1cccnn1CCCc1nc(CCl)cs1. The molecule has 0 atom stereocenters. The number of aromatic nitrogens is 3. The van der Waals surface area contributed by atoms with Crippen LogP contribution < -0.4 is 5.56 Å². The second kappa shape index (κ2) is 5.93. The van der Waals surface area contributed by atoms with Gasteiger partial charge in [0.1, 0.15) is 0 Å². The van der Waals surface area contributed by atoms with Crippen molar-refractivity contribution in [3.05, 3.63) is 44.8 Å². The van der Waals surface area contributed by atoms with E-state index in [0.717, 1.165) is 23.5 Å². The molecule has 6 heteroatoms. The average molecular weight is 270 g/mol. The molecule has 2 aromatic rings. The van der Waals surface area contributed by atoms with Gasteiger partial charge >= 0.3 is 0 Å². The van der Waals surface area contributed by atoms with Gasteiger partial charge in [-0.3, -0.25) is 4.79 Å². The lowest BCUT2D eigenvalue weighted by Gasteiger charge is -2.01. The summed E-state index contributed by atoms with van der Waals surface area (Å²) in [6.07, 6.45) is 3.33. The Hall–Kier alpha value is -1.20. The summed E-state index contributed by atoms with van der Waals surface area (Å²) in [5.41, 5.74) is 0.856. The van der Waals surface area contributed by atoms with E-state index >= 15 is 0 Å². The van der Waals surface area contributed by atoms with Crippen molar-refractivity contribution in [3.63, 3.8) is 0 Å². The summed E-state index contributed by atoms with van der Waals surface area (Å²) in [4.78, 5) is 15.7. The first kappa shape index (κ1) is 12.3. The predicted octanol–water partition coefficient (Wildman–Crippen LogP) is 2.07. The smallest absolute Gasteiger partial charge is 0.266 e. The van der Waals surface area contributed by atoms with Crippen LogP contribution >= 0.6 is 22.9 Å². The molecule has 0 saturated heterocycles. The monoisotopic (exact) mass is 269 g/mol. The highest BCUT2D eigenvalue weighted by Crippen LogP contribution is 2.13. The molecular weight excluding hydrogens is 258 g/mol. The maximum atomic E-state index is 11.4. The molecule has 17 heavy (non-hydrogen) atoms. The van der Waals surface area contributed by atoms with Crippen molar-refractivity contribution in [1.82, 2.24) is 14.8 Å². The van der Waals surface area contributed by atoms with E-state index in [2.05, 4.69) is 10.1 Å². The third-order valence-corrected chi connectivity index (χ3v) is 3.51. The first-order chi connectivity index (χ1) is 8.29. The van der Waals surface area contributed by atoms with Gasteiger partial charge in [-0.25, -0.2) is 9.67 Å². The van der Waals surface area contributed by atoms with E-state index in [9.17, 15) is 4.79 Å². The summed E-state index contributed by atoms with van der Waals surface area (Å²) < 4.78 is 1.47. The van der Waals surface area contributed by atoms with Gasteiger partial charge in [0.2, 0.25) is 0 Å². The molecule has 4 nitrogen and oxygen atoms in total. The lowest BCUT2D eigenvalue weighted by Crippen LogP contribution is -2.21. The zero-order chi connectivity index (χ0) is 12.1. The third-order valence-electron chi connectivity index (χ3n) is 2.28. The van der Waals surface area contributed by atoms with Gasteiger partial charge in [-0.2, -0.15) is 5.10 Å². The number of rotatable bonds is 5. The fraction of sp³-hybridized carbons (Fsp3) is 0.364. The molecule has 0 unspecified atom stereocenters. The topological polar surface area (TPSA) is 47.8 Å². The van der Waals surface area contributed by atoms with E-state index in [1.54, 1.807) is 23.6 Å². The minimum Gasteiger partial charge on any atom is -0.268 e. The highest BCUT2D eigenvalue weighted by atomic mass is 35.5. The number of hydrogen-bond acceptors (Lipinski definition) is 4. The second-order valence-electron chi connectivity index (χ2n) is 3.55. The van der Waals surface area contributed by atoms with Gasteiger partial charge in [-0.1, -0.05) is 0 Å². The Labute approximate surface area is 108 Å². The highest BCUT2D eigenvalue weighted by molar-refractivity contribution is 7.09. The van der Waals surface area contributed by atoms with Gasteiger partial charge in [-0.05, 0) is 12.5 Å². The van der Waals surface area contributed by atoms with Gasteiger partial charge in [0, 0.05) is 30.6 Å². The van der Waals surface area contributed by atoms with Crippen LogP contribution in [0.25, 0.3) is 0 Å². The fourth-order valence-corrected chi connectivity index (χ4v) is 2.53. The lowest BCUT2D eigenvalue weighted by molar-refractivity contribution is 0.547. The molecule has 2 rings (SSSR count). The van der Waals surface area contributed by atoms with Crippen LogP contribution in [-0.2, 0) is 18.8 Å². The Bertz CT molecular complexity index is 537. The van der Waals surface area contributed by atoms with Crippen LogP contribution in [0.2, 0.25) is 0 Å². The molecule has 0 N–H and O–H groups in total. The summed E-state index contributed by atoms with van der Waals surface area (Å²) in [7, 11) is 0. The fourth-order valence-electron chi connectivity index (χ4n) is 1.46. The van der Waals surface area contributed by atoms with Gasteiger partial charge in [0.15, 0.2) is 0 Å². The number of aryl methyl sites for hydroxylation is 2. The van der Waals surface area contributed by atoms with Crippen LogP contribution in [0.5, 0.6) is 0 Å². The van der Waals surface area contributed by atoms with Gasteiger partial charge in [0.05, 0.1) is 16.6 Å². The quantitative estimate of drug-likeness (QED) is 0.781. The van der Waals surface area contributed by atoms with E-state index in [1.165, 1.54) is 10.7 Å². The number of thiazole rings is 1. The summed E-state index contributed by atoms with van der Waals surface area (Å²) in [5, 5.41) is 7.02. The minimum atomic E-state index is -0.0620. The van der Waals surface area contributed by atoms with Crippen LogP contribution in [0.1, 0.15) is 17.1 Å². The molecule has 0 fully saturated rings. The molecule has 0 radical (unpaired) electrons. The van der Waals surface area contributed by atoms with Crippen molar-refractivity contribution in [3.8, 4) is 0 Å². The number of alkyl halides is 1. The largest absolute Gasteiger partial charge is 0.268 e. The van der Waals surface area contributed by atoms with Crippen LogP contribution in [-0.4, -0.2) is 14.8 Å². The zero-order valence-electron chi connectivity index (χ0n) is 9.17. The van der Waals surface area contributed by atoms with Crippen molar-refractivity contribution in [2.45, 2.75) is 25.3 Å². The molecule has 0 aliphatic heterocycles. The average Bonchev–Trinajstić information content (AvgIpc) is 2.80. The van der Waals surface area contributed by atoms with E-state index < -0.39 is 0 Å².